The third kappa shape index (κ3) is 5.68. The first-order chi connectivity index (χ1) is 5.07. The lowest BCUT2D eigenvalue weighted by atomic mass is 10.4. The summed E-state index contributed by atoms with van der Waals surface area (Å²) in [6, 6.07) is 0. The lowest BCUT2D eigenvalue weighted by molar-refractivity contribution is -0.150. The molecule has 0 aromatic heterocycles. The van der Waals surface area contributed by atoms with E-state index in [0.29, 0.717) is 6.61 Å². The first kappa shape index (κ1) is 11.4. The van der Waals surface area contributed by atoms with Crippen molar-refractivity contribution in [1.82, 2.24) is 0 Å². The SMILES string of the molecule is CCOC(=O)C(C)OP(Cl)Cl. The van der Waals surface area contributed by atoms with Crippen LogP contribution in [-0.4, -0.2) is 18.7 Å². The Labute approximate surface area is 76.4 Å². The van der Waals surface area contributed by atoms with E-state index in [1.807, 2.05) is 0 Å². The minimum absolute atomic E-state index is 0.328. The molecule has 0 saturated heterocycles. The summed E-state index contributed by atoms with van der Waals surface area (Å²) in [4.78, 5) is 10.8. The molecule has 0 aliphatic rings. The number of ether oxygens (including phenoxy) is 1. The van der Waals surface area contributed by atoms with Crippen LogP contribution in [0.4, 0.5) is 0 Å². The molecule has 0 aliphatic heterocycles. The second-order valence-corrected chi connectivity index (χ2v) is 4.68. The molecule has 1 unspecified atom stereocenters. The van der Waals surface area contributed by atoms with Gasteiger partial charge >= 0.3 is 5.97 Å². The van der Waals surface area contributed by atoms with E-state index < -0.39 is 18.9 Å². The average Bonchev–Trinajstić information content (AvgIpc) is 1.86. The lowest BCUT2D eigenvalue weighted by Gasteiger charge is -2.10. The number of carbonyl (C=O) groups is 1. The minimum atomic E-state index is -1.54. The summed E-state index contributed by atoms with van der Waals surface area (Å²) in [5, 5.41) is 0. The summed E-state index contributed by atoms with van der Waals surface area (Å²) < 4.78 is 9.42. The Bertz CT molecular complexity index is 131. The van der Waals surface area contributed by atoms with Crippen molar-refractivity contribution < 1.29 is 14.1 Å². The van der Waals surface area contributed by atoms with Gasteiger partial charge < -0.3 is 9.26 Å². The molecule has 0 amide bonds. The molecule has 0 rings (SSSR count). The van der Waals surface area contributed by atoms with Gasteiger partial charge in [-0.2, -0.15) is 0 Å². The van der Waals surface area contributed by atoms with E-state index in [0.717, 1.165) is 0 Å². The molecule has 0 N–H and O–H groups in total. The molecule has 0 aromatic rings. The molecule has 0 fully saturated rings. The van der Waals surface area contributed by atoms with E-state index in [1.54, 1.807) is 6.92 Å². The smallest absolute Gasteiger partial charge is 0.335 e. The zero-order valence-electron chi connectivity index (χ0n) is 6.21. The molecule has 0 spiro atoms. The fraction of sp³-hybridized carbons (Fsp3) is 0.800. The van der Waals surface area contributed by atoms with Crippen LogP contribution < -0.4 is 0 Å². The summed E-state index contributed by atoms with van der Waals surface area (Å²) >= 11 is 10.6. The standard InChI is InChI=1S/C5H9Cl2O3P/c1-3-9-5(8)4(2)10-11(6)7/h4H,3H2,1-2H3. The summed E-state index contributed by atoms with van der Waals surface area (Å²) in [6.07, 6.45) is -0.684. The highest BCUT2D eigenvalue weighted by atomic mass is 35.9. The third-order valence-electron chi connectivity index (χ3n) is 0.856. The number of esters is 1. The molecular formula is C5H9Cl2O3P. The van der Waals surface area contributed by atoms with Crippen LogP contribution in [0.5, 0.6) is 0 Å². The van der Waals surface area contributed by atoms with Crippen molar-refractivity contribution in [2.24, 2.45) is 0 Å². The predicted molar refractivity (Wildman–Crippen MR) is 45.8 cm³/mol. The van der Waals surface area contributed by atoms with Gasteiger partial charge in [-0.1, -0.05) is 0 Å². The van der Waals surface area contributed by atoms with E-state index in [9.17, 15) is 4.79 Å². The fourth-order valence-electron chi connectivity index (χ4n) is 0.422. The van der Waals surface area contributed by atoms with Gasteiger partial charge in [0.05, 0.1) is 6.61 Å². The van der Waals surface area contributed by atoms with E-state index in [1.165, 1.54) is 6.92 Å². The monoisotopic (exact) mass is 218 g/mol. The summed E-state index contributed by atoms with van der Waals surface area (Å²) in [6.45, 7) is 2.05. The summed E-state index contributed by atoms with van der Waals surface area (Å²) in [5.41, 5.74) is 0. The van der Waals surface area contributed by atoms with Crippen LogP contribution >= 0.6 is 29.3 Å². The molecule has 66 valence electrons. The quantitative estimate of drug-likeness (QED) is 0.538. The second kappa shape index (κ2) is 6.01. The molecular weight excluding hydrogens is 210 g/mol. The van der Waals surface area contributed by atoms with Crippen LogP contribution in [0.3, 0.4) is 0 Å². The average molecular weight is 219 g/mol. The second-order valence-electron chi connectivity index (χ2n) is 1.70. The van der Waals surface area contributed by atoms with Gasteiger partial charge in [0.1, 0.15) is 0 Å². The number of carbonyl (C=O) groups excluding carboxylic acids is 1. The Morgan fingerprint density at radius 2 is 2.18 bits per heavy atom. The van der Waals surface area contributed by atoms with E-state index in [2.05, 4.69) is 4.74 Å². The van der Waals surface area contributed by atoms with Gasteiger partial charge in [0, 0.05) is 0 Å². The van der Waals surface area contributed by atoms with E-state index in [-0.39, 0.29) is 0 Å². The maximum Gasteiger partial charge on any atom is 0.335 e. The molecule has 3 nitrogen and oxygen atoms in total. The molecule has 0 aromatic carbocycles. The lowest BCUT2D eigenvalue weighted by Crippen LogP contribution is -2.20. The molecule has 0 radical (unpaired) electrons. The molecule has 11 heavy (non-hydrogen) atoms. The summed E-state index contributed by atoms with van der Waals surface area (Å²) in [7, 11) is 0. The van der Waals surface area contributed by atoms with Crippen molar-refractivity contribution in [3.05, 3.63) is 0 Å². The summed E-state index contributed by atoms with van der Waals surface area (Å²) in [5.74, 6) is -0.443. The van der Waals surface area contributed by atoms with Crippen LogP contribution in [0.15, 0.2) is 0 Å². The fourth-order valence-corrected chi connectivity index (χ4v) is 1.46. The van der Waals surface area contributed by atoms with Crippen molar-refractivity contribution >= 4 is 35.3 Å². The largest absolute Gasteiger partial charge is 0.464 e. The topological polar surface area (TPSA) is 35.5 Å². The van der Waals surface area contributed by atoms with Crippen LogP contribution in [0.2, 0.25) is 0 Å². The molecule has 0 heterocycles. The maximum absolute atomic E-state index is 10.8. The Morgan fingerprint density at radius 3 is 2.55 bits per heavy atom. The highest BCUT2D eigenvalue weighted by molar-refractivity contribution is 8.00. The molecule has 0 bridgehead atoms. The number of halogens is 2. The number of hydrogen-bond donors (Lipinski definition) is 0. The molecule has 0 aliphatic carbocycles. The Balaban J connectivity index is 3.64. The van der Waals surface area contributed by atoms with Crippen LogP contribution in [-0.2, 0) is 14.1 Å². The normalized spacial score (nSPS) is 13.2. The van der Waals surface area contributed by atoms with Gasteiger partial charge in [-0.3, -0.25) is 0 Å². The van der Waals surface area contributed by atoms with Gasteiger partial charge in [-0.25, -0.2) is 4.79 Å². The van der Waals surface area contributed by atoms with Crippen molar-refractivity contribution in [1.29, 1.82) is 0 Å². The minimum Gasteiger partial charge on any atom is -0.464 e. The van der Waals surface area contributed by atoms with Crippen molar-refractivity contribution in [3.63, 3.8) is 0 Å². The number of hydrogen-bond acceptors (Lipinski definition) is 3. The highest BCUT2D eigenvalue weighted by Gasteiger charge is 2.17. The van der Waals surface area contributed by atoms with E-state index >= 15 is 0 Å². The first-order valence-electron chi connectivity index (χ1n) is 3.03. The molecule has 0 saturated carbocycles. The first-order valence-corrected chi connectivity index (χ1v) is 6.10. The predicted octanol–water partition coefficient (Wildman–Crippen LogP) is 2.66. The Hall–Kier alpha value is 0.440. The molecule has 1 atom stereocenters. The Morgan fingerprint density at radius 1 is 1.64 bits per heavy atom. The number of rotatable bonds is 4. The van der Waals surface area contributed by atoms with Crippen LogP contribution in [0, 0.1) is 0 Å². The van der Waals surface area contributed by atoms with Crippen LogP contribution in [0.1, 0.15) is 13.8 Å². The van der Waals surface area contributed by atoms with E-state index in [4.69, 9.17) is 27.0 Å². The molecule has 6 heteroatoms. The van der Waals surface area contributed by atoms with Crippen LogP contribution in [0.25, 0.3) is 0 Å². The highest BCUT2D eigenvalue weighted by Crippen LogP contribution is 2.48. The zero-order chi connectivity index (χ0) is 8.85. The van der Waals surface area contributed by atoms with Crippen molar-refractivity contribution in [2.45, 2.75) is 20.0 Å². The maximum atomic E-state index is 10.8. The zero-order valence-corrected chi connectivity index (χ0v) is 8.62. The van der Waals surface area contributed by atoms with Gasteiger partial charge in [0.15, 0.2) is 6.10 Å². The van der Waals surface area contributed by atoms with Gasteiger partial charge in [0.25, 0.3) is 0 Å². The van der Waals surface area contributed by atoms with Crippen molar-refractivity contribution in [2.75, 3.05) is 6.61 Å². The van der Waals surface area contributed by atoms with Gasteiger partial charge in [0.2, 0.25) is 6.85 Å². The van der Waals surface area contributed by atoms with Gasteiger partial charge in [-0.05, 0) is 36.3 Å². The Kier molecular flexibility index (Phi) is 6.25. The van der Waals surface area contributed by atoms with Crippen molar-refractivity contribution in [3.8, 4) is 0 Å². The van der Waals surface area contributed by atoms with Gasteiger partial charge in [-0.15, -0.1) is 0 Å². The third-order valence-corrected chi connectivity index (χ3v) is 1.81.